The van der Waals surface area contributed by atoms with Crippen LogP contribution in [0.4, 0.5) is 0 Å². The van der Waals surface area contributed by atoms with E-state index < -0.39 is 0 Å². The standard InChI is InChI=1S/C13H17BrO/c1-11(14)7-5-6-10-13(15)12-8-3-2-4-9-12/h2-4,8-9,11H,5-7,10H2,1H3. The van der Waals surface area contributed by atoms with Crippen LogP contribution < -0.4 is 0 Å². The van der Waals surface area contributed by atoms with Gasteiger partial charge in [0.1, 0.15) is 0 Å². The van der Waals surface area contributed by atoms with Gasteiger partial charge in [-0.2, -0.15) is 0 Å². The lowest BCUT2D eigenvalue weighted by Crippen LogP contribution is -1.99. The molecular weight excluding hydrogens is 252 g/mol. The molecule has 0 fully saturated rings. The molecule has 1 aromatic rings. The minimum atomic E-state index is 0.262. The normalized spacial score (nSPS) is 12.4. The zero-order chi connectivity index (χ0) is 11.1. The number of Topliss-reactive ketones (excluding diaryl/α,β-unsaturated/α-hetero) is 1. The summed E-state index contributed by atoms with van der Waals surface area (Å²) in [4.78, 5) is 12.2. The summed E-state index contributed by atoms with van der Waals surface area (Å²) in [5, 5.41) is 0. The molecule has 0 aliphatic carbocycles. The predicted octanol–water partition coefficient (Wildman–Crippen LogP) is 4.21. The minimum absolute atomic E-state index is 0.262. The van der Waals surface area contributed by atoms with Crippen molar-refractivity contribution < 1.29 is 4.79 Å². The number of unbranched alkanes of at least 4 members (excludes halogenated alkanes) is 1. The third kappa shape index (κ3) is 5.12. The van der Waals surface area contributed by atoms with E-state index in [1.54, 1.807) is 0 Å². The number of rotatable bonds is 6. The van der Waals surface area contributed by atoms with Gasteiger partial charge in [-0.15, -0.1) is 0 Å². The summed E-state index contributed by atoms with van der Waals surface area (Å²) in [6, 6.07) is 9.52. The molecule has 0 saturated heterocycles. The number of carbonyl (C=O) groups is 1. The molecule has 0 heterocycles. The van der Waals surface area contributed by atoms with Crippen LogP contribution in [0.3, 0.4) is 0 Å². The summed E-state index contributed by atoms with van der Waals surface area (Å²) < 4.78 is 0. The van der Waals surface area contributed by atoms with Gasteiger partial charge in [0.05, 0.1) is 0 Å². The van der Waals surface area contributed by atoms with Crippen LogP contribution in [0.5, 0.6) is 0 Å². The van der Waals surface area contributed by atoms with E-state index in [4.69, 9.17) is 0 Å². The largest absolute Gasteiger partial charge is 0.294 e. The molecule has 0 amide bonds. The Morgan fingerprint density at radius 3 is 2.53 bits per heavy atom. The van der Waals surface area contributed by atoms with Crippen molar-refractivity contribution in [2.45, 2.75) is 37.4 Å². The minimum Gasteiger partial charge on any atom is -0.294 e. The van der Waals surface area contributed by atoms with Crippen LogP contribution in [-0.4, -0.2) is 10.6 Å². The predicted molar refractivity (Wildman–Crippen MR) is 67.6 cm³/mol. The van der Waals surface area contributed by atoms with Crippen LogP contribution in [0.2, 0.25) is 0 Å². The van der Waals surface area contributed by atoms with E-state index in [0.29, 0.717) is 11.2 Å². The Morgan fingerprint density at radius 2 is 1.93 bits per heavy atom. The topological polar surface area (TPSA) is 17.1 Å². The molecule has 15 heavy (non-hydrogen) atoms. The zero-order valence-corrected chi connectivity index (χ0v) is 10.7. The first-order valence-electron chi connectivity index (χ1n) is 5.42. The van der Waals surface area contributed by atoms with Gasteiger partial charge < -0.3 is 0 Å². The Labute approximate surface area is 100 Å². The van der Waals surface area contributed by atoms with E-state index in [1.807, 2.05) is 30.3 Å². The molecule has 0 radical (unpaired) electrons. The maximum atomic E-state index is 11.7. The highest BCUT2D eigenvalue weighted by Crippen LogP contribution is 2.12. The summed E-state index contributed by atoms with van der Waals surface area (Å²) >= 11 is 3.50. The van der Waals surface area contributed by atoms with E-state index in [9.17, 15) is 4.79 Å². The Morgan fingerprint density at radius 1 is 1.27 bits per heavy atom. The van der Waals surface area contributed by atoms with Crippen LogP contribution >= 0.6 is 15.9 Å². The SMILES string of the molecule is CC(Br)CCCCC(=O)c1ccccc1. The molecule has 0 aliphatic heterocycles. The second-order valence-electron chi connectivity index (χ2n) is 3.82. The summed E-state index contributed by atoms with van der Waals surface area (Å²) in [7, 11) is 0. The number of benzene rings is 1. The van der Waals surface area contributed by atoms with Crippen molar-refractivity contribution in [1.82, 2.24) is 0 Å². The van der Waals surface area contributed by atoms with E-state index in [1.165, 1.54) is 0 Å². The van der Waals surface area contributed by atoms with Crippen molar-refractivity contribution in [2.75, 3.05) is 0 Å². The van der Waals surface area contributed by atoms with Gasteiger partial charge in [-0.25, -0.2) is 0 Å². The first kappa shape index (κ1) is 12.4. The summed E-state index contributed by atoms with van der Waals surface area (Å²) in [5.41, 5.74) is 0.837. The summed E-state index contributed by atoms with van der Waals surface area (Å²) in [5.74, 6) is 0.262. The zero-order valence-electron chi connectivity index (χ0n) is 9.08. The molecule has 0 spiro atoms. The quantitative estimate of drug-likeness (QED) is 0.429. The number of carbonyl (C=O) groups excluding carboxylic acids is 1. The molecule has 1 rings (SSSR count). The molecule has 0 saturated carbocycles. The molecule has 1 atom stereocenters. The van der Waals surface area contributed by atoms with Gasteiger partial charge in [-0.1, -0.05) is 59.6 Å². The van der Waals surface area contributed by atoms with E-state index in [2.05, 4.69) is 22.9 Å². The van der Waals surface area contributed by atoms with Gasteiger partial charge in [-0.3, -0.25) is 4.79 Å². The average molecular weight is 269 g/mol. The third-order valence-electron chi connectivity index (χ3n) is 2.35. The van der Waals surface area contributed by atoms with Crippen LogP contribution in [0.25, 0.3) is 0 Å². The Kier molecular flexibility index (Phi) is 5.62. The Bertz CT molecular complexity index is 293. The highest BCUT2D eigenvalue weighted by molar-refractivity contribution is 9.09. The molecule has 0 bridgehead atoms. The number of alkyl halides is 1. The molecule has 1 unspecified atom stereocenters. The summed E-state index contributed by atoms with van der Waals surface area (Å²) in [6.07, 6.45) is 3.92. The maximum Gasteiger partial charge on any atom is 0.162 e. The van der Waals surface area contributed by atoms with E-state index in [0.717, 1.165) is 24.8 Å². The average Bonchev–Trinajstić information content (AvgIpc) is 2.25. The first-order chi connectivity index (χ1) is 7.20. The maximum absolute atomic E-state index is 11.7. The third-order valence-corrected chi connectivity index (χ3v) is 2.81. The highest BCUT2D eigenvalue weighted by Gasteiger charge is 2.04. The summed E-state index contributed by atoms with van der Waals surface area (Å²) in [6.45, 7) is 2.14. The Balaban J connectivity index is 2.25. The molecule has 2 heteroatoms. The van der Waals surface area contributed by atoms with Gasteiger partial charge in [0, 0.05) is 16.8 Å². The molecule has 0 N–H and O–H groups in total. The van der Waals surface area contributed by atoms with E-state index >= 15 is 0 Å². The lowest BCUT2D eigenvalue weighted by Gasteiger charge is -2.02. The van der Waals surface area contributed by atoms with Gasteiger partial charge in [0.15, 0.2) is 5.78 Å². The van der Waals surface area contributed by atoms with Crippen LogP contribution in [-0.2, 0) is 0 Å². The first-order valence-corrected chi connectivity index (χ1v) is 6.34. The number of hydrogen-bond acceptors (Lipinski definition) is 1. The van der Waals surface area contributed by atoms with Crippen molar-refractivity contribution in [3.05, 3.63) is 35.9 Å². The smallest absolute Gasteiger partial charge is 0.162 e. The molecule has 0 aliphatic rings. The fraction of sp³-hybridized carbons (Fsp3) is 0.462. The van der Waals surface area contributed by atoms with Gasteiger partial charge in [-0.05, 0) is 12.8 Å². The number of halogens is 1. The second kappa shape index (κ2) is 6.78. The van der Waals surface area contributed by atoms with Gasteiger partial charge in [0.25, 0.3) is 0 Å². The van der Waals surface area contributed by atoms with Crippen LogP contribution in [0, 0.1) is 0 Å². The molecular formula is C13H17BrO. The van der Waals surface area contributed by atoms with E-state index in [-0.39, 0.29) is 5.78 Å². The Hall–Kier alpha value is -0.630. The van der Waals surface area contributed by atoms with Crippen molar-refractivity contribution in [3.63, 3.8) is 0 Å². The van der Waals surface area contributed by atoms with Crippen LogP contribution in [0.1, 0.15) is 43.0 Å². The van der Waals surface area contributed by atoms with Crippen LogP contribution in [0.15, 0.2) is 30.3 Å². The molecule has 82 valence electrons. The number of hydrogen-bond donors (Lipinski definition) is 0. The second-order valence-corrected chi connectivity index (χ2v) is 5.38. The van der Waals surface area contributed by atoms with Crippen molar-refractivity contribution in [1.29, 1.82) is 0 Å². The molecule has 0 aromatic heterocycles. The van der Waals surface area contributed by atoms with Gasteiger partial charge >= 0.3 is 0 Å². The lowest BCUT2D eigenvalue weighted by atomic mass is 10.0. The van der Waals surface area contributed by atoms with Crippen molar-refractivity contribution >= 4 is 21.7 Å². The highest BCUT2D eigenvalue weighted by atomic mass is 79.9. The number of ketones is 1. The monoisotopic (exact) mass is 268 g/mol. The lowest BCUT2D eigenvalue weighted by molar-refractivity contribution is 0.0979. The van der Waals surface area contributed by atoms with Crippen molar-refractivity contribution in [2.24, 2.45) is 0 Å². The fourth-order valence-electron chi connectivity index (χ4n) is 1.48. The molecule has 1 nitrogen and oxygen atoms in total. The fourth-order valence-corrected chi connectivity index (χ4v) is 1.80. The van der Waals surface area contributed by atoms with Crippen molar-refractivity contribution in [3.8, 4) is 0 Å². The van der Waals surface area contributed by atoms with Gasteiger partial charge in [0.2, 0.25) is 0 Å². The molecule has 1 aromatic carbocycles.